The molecule has 0 bridgehead atoms. The van der Waals surface area contributed by atoms with Crippen LogP contribution in [0.4, 0.5) is 0 Å². The number of ketones is 1. The first-order valence-corrected chi connectivity index (χ1v) is 6.89. The first-order valence-electron chi connectivity index (χ1n) is 6.01. The highest BCUT2D eigenvalue weighted by molar-refractivity contribution is 7.10. The van der Waals surface area contributed by atoms with E-state index < -0.39 is 0 Å². The molecule has 0 spiro atoms. The molecule has 1 fully saturated rings. The van der Waals surface area contributed by atoms with Crippen LogP contribution in [0.25, 0.3) is 0 Å². The Morgan fingerprint density at radius 1 is 1.56 bits per heavy atom. The first kappa shape index (κ1) is 11.8. The molecule has 0 radical (unpaired) electrons. The number of aryl methyl sites for hydroxylation is 1. The molecule has 16 heavy (non-hydrogen) atoms. The summed E-state index contributed by atoms with van der Waals surface area (Å²) in [4.78, 5) is 15.3. The van der Waals surface area contributed by atoms with Crippen molar-refractivity contribution in [3.63, 3.8) is 0 Å². The number of Topliss-reactive ketones (excluding diaryl/α,β-unsaturated/α-hetero) is 1. The van der Waals surface area contributed by atoms with Crippen LogP contribution in [0.3, 0.4) is 0 Å². The van der Waals surface area contributed by atoms with Gasteiger partial charge in [-0.1, -0.05) is 13.8 Å². The van der Waals surface area contributed by atoms with E-state index in [0.29, 0.717) is 5.78 Å². The monoisotopic (exact) mass is 237 g/mol. The van der Waals surface area contributed by atoms with Gasteiger partial charge in [0.25, 0.3) is 0 Å². The third kappa shape index (κ3) is 2.53. The Balaban J connectivity index is 1.98. The highest BCUT2D eigenvalue weighted by Gasteiger charge is 2.23. The second-order valence-electron chi connectivity index (χ2n) is 4.58. The average Bonchev–Trinajstić information content (AvgIpc) is 2.71. The van der Waals surface area contributed by atoms with E-state index in [0.717, 1.165) is 32.5 Å². The van der Waals surface area contributed by atoms with Gasteiger partial charge in [0.15, 0.2) is 0 Å². The molecule has 0 amide bonds. The van der Waals surface area contributed by atoms with Crippen molar-refractivity contribution in [2.75, 3.05) is 13.1 Å². The van der Waals surface area contributed by atoms with Crippen molar-refractivity contribution in [1.29, 1.82) is 0 Å². The van der Waals surface area contributed by atoms with Gasteiger partial charge in [0.1, 0.15) is 5.78 Å². The molecular formula is C13H19NOS. The molecule has 2 rings (SSSR count). The van der Waals surface area contributed by atoms with E-state index in [-0.39, 0.29) is 5.92 Å². The van der Waals surface area contributed by atoms with E-state index in [1.165, 1.54) is 10.4 Å². The fraction of sp³-hybridized carbons (Fsp3) is 0.615. The van der Waals surface area contributed by atoms with Gasteiger partial charge in [-0.15, -0.1) is 11.3 Å². The minimum atomic E-state index is 0.221. The number of thiophene rings is 1. The number of hydrogen-bond donors (Lipinski definition) is 0. The Labute approximate surface area is 101 Å². The highest BCUT2D eigenvalue weighted by atomic mass is 32.1. The van der Waals surface area contributed by atoms with Crippen LogP contribution in [0.2, 0.25) is 0 Å². The average molecular weight is 237 g/mol. The number of carbonyl (C=O) groups is 1. The maximum absolute atomic E-state index is 11.4. The Morgan fingerprint density at radius 2 is 2.38 bits per heavy atom. The summed E-state index contributed by atoms with van der Waals surface area (Å²) in [6.45, 7) is 7.14. The van der Waals surface area contributed by atoms with Gasteiger partial charge in [-0.05, 0) is 23.4 Å². The molecule has 3 heteroatoms. The summed E-state index contributed by atoms with van der Waals surface area (Å²) in [6.07, 6.45) is 1.84. The van der Waals surface area contributed by atoms with Gasteiger partial charge in [0.05, 0.1) is 0 Å². The van der Waals surface area contributed by atoms with Gasteiger partial charge >= 0.3 is 0 Å². The van der Waals surface area contributed by atoms with E-state index in [2.05, 4.69) is 23.3 Å². The molecule has 0 N–H and O–H groups in total. The van der Waals surface area contributed by atoms with Crippen molar-refractivity contribution in [3.05, 3.63) is 21.9 Å². The van der Waals surface area contributed by atoms with Crippen LogP contribution in [-0.4, -0.2) is 23.8 Å². The third-order valence-corrected chi connectivity index (χ3v) is 4.29. The molecule has 1 aliphatic heterocycles. The SMILES string of the molecule is CCc1ccsc1CN1CCC(=O)C(C)C1. The van der Waals surface area contributed by atoms with E-state index in [9.17, 15) is 4.79 Å². The molecule has 0 aliphatic carbocycles. The largest absolute Gasteiger partial charge is 0.299 e. The number of piperidine rings is 1. The van der Waals surface area contributed by atoms with Gasteiger partial charge in [-0.25, -0.2) is 0 Å². The fourth-order valence-corrected chi connectivity index (χ4v) is 3.28. The van der Waals surface area contributed by atoms with E-state index >= 15 is 0 Å². The second-order valence-corrected chi connectivity index (χ2v) is 5.58. The highest BCUT2D eigenvalue weighted by Crippen LogP contribution is 2.22. The molecule has 2 heterocycles. The summed E-state index contributed by atoms with van der Waals surface area (Å²) < 4.78 is 0. The van der Waals surface area contributed by atoms with Crippen molar-refractivity contribution in [2.45, 2.75) is 33.2 Å². The molecule has 88 valence electrons. The van der Waals surface area contributed by atoms with Crippen LogP contribution < -0.4 is 0 Å². The van der Waals surface area contributed by atoms with Gasteiger partial charge in [0.2, 0.25) is 0 Å². The van der Waals surface area contributed by atoms with Crippen LogP contribution >= 0.6 is 11.3 Å². The molecule has 1 aliphatic rings. The molecule has 1 unspecified atom stereocenters. The van der Waals surface area contributed by atoms with Crippen molar-refractivity contribution in [2.24, 2.45) is 5.92 Å². The lowest BCUT2D eigenvalue weighted by molar-refractivity contribution is -0.125. The van der Waals surface area contributed by atoms with Crippen LogP contribution in [0.15, 0.2) is 11.4 Å². The van der Waals surface area contributed by atoms with Gasteiger partial charge in [-0.2, -0.15) is 0 Å². The van der Waals surface area contributed by atoms with Gasteiger partial charge in [0, 0.05) is 36.9 Å². The van der Waals surface area contributed by atoms with Gasteiger partial charge in [-0.3, -0.25) is 9.69 Å². The third-order valence-electron chi connectivity index (χ3n) is 3.34. The van der Waals surface area contributed by atoms with Crippen molar-refractivity contribution >= 4 is 17.1 Å². The quantitative estimate of drug-likeness (QED) is 0.805. The molecule has 1 atom stereocenters. The maximum Gasteiger partial charge on any atom is 0.138 e. The zero-order valence-corrected chi connectivity index (χ0v) is 10.8. The van der Waals surface area contributed by atoms with Crippen LogP contribution in [0.1, 0.15) is 30.7 Å². The molecule has 1 aromatic heterocycles. The lowest BCUT2D eigenvalue weighted by Gasteiger charge is -2.29. The predicted molar refractivity (Wildman–Crippen MR) is 67.8 cm³/mol. The minimum absolute atomic E-state index is 0.221. The normalized spacial score (nSPS) is 22.6. The molecule has 1 saturated heterocycles. The van der Waals surface area contributed by atoms with Gasteiger partial charge < -0.3 is 0 Å². The molecule has 2 nitrogen and oxygen atoms in total. The fourth-order valence-electron chi connectivity index (χ4n) is 2.26. The summed E-state index contributed by atoms with van der Waals surface area (Å²) in [5.41, 5.74) is 1.47. The Kier molecular flexibility index (Phi) is 3.77. The topological polar surface area (TPSA) is 20.3 Å². The maximum atomic E-state index is 11.4. The molecular weight excluding hydrogens is 218 g/mol. The summed E-state index contributed by atoms with van der Waals surface area (Å²) in [5, 5.41) is 2.17. The van der Waals surface area contributed by atoms with Crippen LogP contribution in [-0.2, 0) is 17.8 Å². The minimum Gasteiger partial charge on any atom is -0.299 e. The standard InChI is InChI=1S/C13H19NOS/c1-3-11-5-7-16-13(11)9-14-6-4-12(15)10(2)8-14/h5,7,10H,3-4,6,8-9H2,1-2H3. The van der Waals surface area contributed by atoms with Crippen LogP contribution in [0.5, 0.6) is 0 Å². The van der Waals surface area contributed by atoms with E-state index in [1.54, 1.807) is 0 Å². The zero-order valence-electron chi connectivity index (χ0n) is 10.0. The number of nitrogens with zero attached hydrogens (tertiary/aromatic N) is 1. The zero-order chi connectivity index (χ0) is 11.5. The summed E-state index contributed by atoms with van der Waals surface area (Å²) in [7, 11) is 0. The Morgan fingerprint density at radius 3 is 3.06 bits per heavy atom. The smallest absolute Gasteiger partial charge is 0.138 e. The lowest BCUT2D eigenvalue weighted by Crippen LogP contribution is -2.38. The Bertz CT molecular complexity index is 372. The number of rotatable bonds is 3. The molecule has 0 saturated carbocycles. The van der Waals surface area contributed by atoms with E-state index in [4.69, 9.17) is 0 Å². The Hall–Kier alpha value is -0.670. The summed E-state index contributed by atoms with van der Waals surface area (Å²) in [6, 6.07) is 2.22. The lowest BCUT2D eigenvalue weighted by atomic mass is 9.98. The molecule has 0 aromatic carbocycles. The predicted octanol–water partition coefficient (Wildman–Crippen LogP) is 2.72. The van der Waals surface area contributed by atoms with Crippen molar-refractivity contribution in [1.82, 2.24) is 4.90 Å². The summed E-state index contributed by atoms with van der Waals surface area (Å²) >= 11 is 1.84. The molecule has 1 aromatic rings. The second kappa shape index (κ2) is 5.11. The number of likely N-dealkylation sites (tertiary alicyclic amines) is 1. The summed E-state index contributed by atoms with van der Waals surface area (Å²) in [5.74, 6) is 0.650. The number of hydrogen-bond acceptors (Lipinski definition) is 3. The van der Waals surface area contributed by atoms with E-state index in [1.807, 2.05) is 18.3 Å². The number of carbonyl (C=O) groups excluding carboxylic acids is 1. The first-order chi connectivity index (χ1) is 7.70. The van der Waals surface area contributed by atoms with Crippen molar-refractivity contribution in [3.8, 4) is 0 Å². The van der Waals surface area contributed by atoms with Crippen LogP contribution in [0, 0.1) is 5.92 Å². The van der Waals surface area contributed by atoms with Crippen molar-refractivity contribution < 1.29 is 4.79 Å².